The third-order valence-electron chi connectivity index (χ3n) is 3.48. The molecule has 0 fully saturated rings. The van der Waals surface area contributed by atoms with Crippen molar-refractivity contribution < 1.29 is 4.74 Å². The van der Waals surface area contributed by atoms with Crippen molar-refractivity contribution in [1.82, 2.24) is 15.1 Å². The van der Waals surface area contributed by atoms with E-state index in [2.05, 4.69) is 38.6 Å². The summed E-state index contributed by atoms with van der Waals surface area (Å²) in [5.41, 5.74) is 3.02. The Kier molecular flexibility index (Phi) is 6.41. The first-order valence-corrected chi connectivity index (χ1v) is 8.60. The Bertz CT molecular complexity index is 687. The van der Waals surface area contributed by atoms with E-state index in [9.17, 15) is 0 Å². The monoisotopic (exact) mass is 396 g/mol. The number of anilines is 1. The molecule has 0 aliphatic rings. The van der Waals surface area contributed by atoms with Crippen LogP contribution in [0.3, 0.4) is 0 Å². The normalized spacial score (nSPS) is 10.4. The zero-order valence-electron chi connectivity index (χ0n) is 13.5. The molecule has 0 radical (unpaired) electrons. The molecule has 1 aromatic carbocycles. The van der Waals surface area contributed by atoms with Gasteiger partial charge in [0.15, 0.2) is 5.11 Å². The molecule has 0 amide bonds. The fourth-order valence-corrected chi connectivity index (χ4v) is 2.73. The van der Waals surface area contributed by atoms with E-state index in [-0.39, 0.29) is 0 Å². The maximum atomic E-state index is 5.32. The van der Waals surface area contributed by atoms with Crippen molar-refractivity contribution in [2.24, 2.45) is 0 Å². The molecule has 5 nitrogen and oxygen atoms in total. The van der Waals surface area contributed by atoms with E-state index in [1.165, 1.54) is 0 Å². The van der Waals surface area contributed by atoms with E-state index in [0.717, 1.165) is 46.8 Å². The van der Waals surface area contributed by atoms with Crippen LogP contribution >= 0.6 is 28.1 Å². The van der Waals surface area contributed by atoms with Gasteiger partial charge in [-0.15, -0.1) is 0 Å². The summed E-state index contributed by atoms with van der Waals surface area (Å²) in [5.74, 6) is 0.768. The van der Waals surface area contributed by atoms with Crippen molar-refractivity contribution in [3.8, 4) is 5.75 Å². The van der Waals surface area contributed by atoms with Gasteiger partial charge in [0.1, 0.15) is 5.75 Å². The van der Waals surface area contributed by atoms with E-state index in [4.69, 9.17) is 17.0 Å². The third kappa shape index (κ3) is 4.68. The molecule has 2 aromatic rings. The Morgan fingerprint density at radius 1 is 1.35 bits per heavy atom. The molecule has 23 heavy (non-hydrogen) atoms. The van der Waals surface area contributed by atoms with Crippen LogP contribution in [0.2, 0.25) is 0 Å². The van der Waals surface area contributed by atoms with E-state index in [1.54, 1.807) is 7.11 Å². The summed E-state index contributed by atoms with van der Waals surface area (Å²) in [6.07, 6.45) is 0.933. The molecule has 2 N–H and O–H groups in total. The lowest BCUT2D eigenvalue weighted by molar-refractivity contribution is 0.417. The number of nitrogens with zero attached hydrogens (tertiary/aromatic N) is 2. The molecular weight excluding hydrogens is 376 g/mol. The summed E-state index contributed by atoms with van der Waals surface area (Å²) >= 11 is 8.86. The lowest BCUT2D eigenvalue weighted by atomic mass is 10.3. The maximum absolute atomic E-state index is 5.32. The van der Waals surface area contributed by atoms with Crippen LogP contribution in [-0.4, -0.2) is 28.5 Å². The number of thiocarbonyl (C=S) groups is 1. The van der Waals surface area contributed by atoms with E-state index >= 15 is 0 Å². The second-order valence-electron chi connectivity index (χ2n) is 5.14. The quantitative estimate of drug-likeness (QED) is 0.576. The summed E-state index contributed by atoms with van der Waals surface area (Å²) in [6, 6.07) is 7.69. The van der Waals surface area contributed by atoms with Crippen LogP contribution in [0.4, 0.5) is 5.69 Å². The highest BCUT2D eigenvalue weighted by Crippen LogP contribution is 2.22. The molecule has 2 rings (SSSR count). The number of nitrogens with one attached hydrogen (secondary N) is 2. The van der Waals surface area contributed by atoms with Crippen molar-refractivity contribution in [3.05, 3.63) is 40.1 Å². The fourth-order valence-electron chi connectivity index (χ4n) is 2.24. The Hall–Kier alpha value is -1.60. The number of aryl methyl sites for hydroxylation is 2. The first kappa shape index (κ1) is 17.7. The summed E-state index contributed by atoms with van der Waals surface area (Å²) in [5, 5.41) is 11.4. The first-order chi connectivity index (χ1) is 11.0. The number of methoxy groups -OCH3 is 1. The number of aromatic nitrogens is 2. The first-order valence-electron chi connectivity index (χ1n) is 7.40. The second kappa shape index (κ2) is 8.31. The zero-order chi connectivity index (χ0) is 16.8. The van der Waals surface area contributed by atoms with Crippen molar-refractivity contribution in [2.75, 3.05) is 19.0 Å². The largest absolute Gasteiger partial charge is 0.495 e. The molecule has 0 spiro atoms. The highest BCUT2D eigenvalue weighted by molar-refractivity contribution is 9.10. The van der Waals surface area contributed by atoms with Gasteiger partial charge in [-0.05, 0) is 60.5 Å². The van der Waals surface area contributed by atoms with Crippen LogP contribution in [0.1, 0.15) is 17.8 Å². The smallest absolute Gasteiger partial charge is 0.170 e. The third-order valence-corrected chi connectivity index (χ3v) is 4.87. The van der Waals surface area contributed by atoms with Gasteiger partial charge in [0.25, 0.3) is 0 Å². The molecule has 0 saturated heterocycles. The molecule has 124 valence electrons. The van der Waals surface area contributed by atoms with Gasteiger partial charge in [-0.1, -0.05) is 12.1 Å². The van der Waals surface area contributed by atoms with Crippen LogP contribution < -0.4 is 15.4 Å². The average Bonchev–Trinajstić information content (AvgIpc) is 2.79. The van der Waals surface area contributed by atoms with Crippen LogP contribution in [0.15, 0.2) is 28.7 Å². The summed E-state index contributed by atoms with van der Waals surface area (Å²) in [6.45, 7) is 5.68. The predicted molar refractivity (Wildman–Crippen MR) is 101 cm³/mol. The van der Waals surface area contributed by atoms with Crippen molar-refractivity contribution in [1.29, 1.82) is 0 Å². The van der Waals surface area contributed by atoms with Gasteiger partial charge in [0.2, 0.25) is 0 Å². The number of halogens is 1. The van der Waals surface area contributed by atoms with Gasteiger partial charge in [0.05, 0.1) is 23.0 Å². The van der Waals surface area contributed by atoms with Crippen LogP contribution in [0, 0.1) is 13.8 Å². The van der Waals surface area contributed by atoms with Crippen molar-refractivity contribution in [2.45, 2.75) is 26.8 Å². The lowest BCUT2D eigenvalue weighted by Gasteiger charge is -2.13. The minimum Gasteiger partial charge on any atom is -0.495 e. The van der Waals surface area contributed by atoms with Gasteiger partial charge < -0.3 is 15.4 Å². The number of rotatable bonds is 6. The summed E-state index contributed by atoms with van der Waals surface area (Å²) in [4.78, 5) is 0. The van der Waals surface area contributed by atoms with Crippen LogP contribution in [0.5, 0.6) is 5.75 Å². The van der Waals surface area contributed by atoms with E-state index in [1.807, 2.05) is 35.9 Å². The molecule has 0 saturated carbocycles. The SMILES string of the molecule is COc1ccccc1NC(=S)NCCCn1nc(C)c(Br)c1C. The van der Waals surface area contributed by atoms with Gasteiger partial charge in [0, 0.05) is 18.8 Å². The molecule has 1 heterocycles. The van der Waals surface area contributed by atoms with E-state index in [0.29, 0.717) is 5.11 Å². The number of hydrogen-bond acceptors (Lipinski definition) is 3. The standard InChI is InChI=1S/C16H21BrN4OS/c1-11-15(17)12(2)21(20-11)10-6-9-18-16(23)19-13-7-4-5-8-14(13)22-3/h4-5,7-8H,6,9-10H2,1-3H3,(H2,18,19,23). The Balaban J connectivity index is 1.78. The predicted octanol–water partition coefficient (Wildman–Crippen LogP) is 3.65. The average molecular weight is 397 g/mol. The van der Waals surface area contributed by atoms with Crippen LogP contribution in [0.25, 0.3) is 0 Å². The molecule has 0 atom stereocenters. The highest BCUT2D eigenvalue weighted by Gasteiger charge is 2.08. The van der Waals surface area contributed by atoms with E-state index < -0.39 is 0 Å². The molecule has 0 bridgehead atoms. The molecule has 1 aromatic heterocycles. The summed E-state index contributed by atoms with van der Waals surface area (Å²) in [7, 11) is 1.64. The van der Waals surface area contributed by atoms with Gasteiger partial charge in [-0.3, -0.25) is 4.68 Å². The van der Waals surface area contributed by atoms with Crippen molar-refractivity contribution in [3.63, 3.8) is 0 Å². The van der Waals surface area contributed by atoms with Crippen LogP contribution in [-0.2, 0) is 6.54 Å². The van der Waals surface area contributed by atoms with Gasteiger partial charge in [-0.25, -0.2) is 0 Å². The number of para-hydroxylation sites is 2. The van der Waals surface area contributed by atoms with Crippen molar-refractivity contribution >= 4 is 38.9 Å². The zero-order valence-corrected chi connectivity index (χ0v) is 15.9. The fraction of sp³-hybridized carbons (Fsp3) is 0.375. The Labute approximate surface area is 150 Å². The molecule has 7 heteroatoms. The maximum Gasteiger partial charge on any atom is 0.170 e. The van der Waals surface area contributed by atoms with Gasteiger partial charge in [-0.2, -0.15) is 5.10 Å². The van der Waals surface area contributed by atoms with Gasteiger partial charge >= 0.3 is 0 Å². The summed E-state index contributed by atoms with van der Waals surface area (Å²) < 4.78 is 8.38. The number of ether oxygens (including phenoxy) is 1. The lowest BCUT2D eigenvalue weighted by Crippen LogP contribution is -2.30. The number of hydrogen-bond donors (Lipinski definition) is 2. The molecule has 0 unspecified atom stereocenters. The minimum absolute atomic E-state index is 0.587. The molecular formula is C16H21BrN4OS. The molecule has 0 aliphatic carbocycles. The number of benzene rings is 1. The molecule has 0 aliphatic heterocycles. The Morgan fingerprint density at radius 3 is 2.74 bits per heavy atom. The second-order valence-corrected chi connectivity index (χ2v) is 6.34. The highest BCUT2D eigenvalue weighted by atomic mass is 79.9. The minimum atomic E-state index is 0.587. The topological polar surface area (TPSA) is 51.1 Å². The Morgan fingerprint density at radius 2 is 2.09 bits per heavy atom.